The summed E-state index contributed by atoms with van der Waals surface area (Å²) < 4.78 is 25.8. The van der Waals surface area contributed by atoms with Crippen LogP contribution in [-0.4, -0.2) is 12.5 Å². The Bertz CT molecular complexity index is 1220. The molecule has 0 saturated heterocycles. The number of hydrogen-bond donors (Lipinski definition) is 1. The molecule has 3 rings (SSSR count). The molecule has 1 N–H and O–H groups in total. The molecule has 8 heteroatoms. The van der Waals surface area contributed by atoms with Crippen LogP contribution in [0.25, 0.3) is 6.08 Å². The highest BCUT2D eigenvalue weighted by Gasteiger charge is 2.13. The Morgan fingerprint density at radius 2 is 1.82 bits per heavy atom. The first-order valence-electron chi connectivity index (χ1n) is 9.92. The monoisotopic (exact) mass is 572 g/mol. The van der Waals surface area contributed by atoms with E-state index < -0.39 is 5.91 Å². The molecule has 168 valence electrons. The molecule has 0 radical (unpaired) electrons. The second kappa shape index (κ2) is 11.6. The van der Waals surface area contributed by atoms with E-state index in [1.54, 1.807) is 48.5 Å². The van der Waals surface area contributed by atoms with E-state index in [-0.39, 0.29) is 18.0 Å². The molecule has 0 aliphatic heterocycles. The van der Waals surface area contributed by atoms with Crippen molar-refractivity contribution in [1.82, 2.24) is 0 Å². The number of ether oxygens (including phenoxy) is 2. The largest absolute Gasteiger partial charge is 0.494 e. The SMILES string of the molecule is CCOc1cccc(NC(=O)/C(C#N)=C\c2cc(Br)c(OCc3cccc(F)c3)c(Br)c2)c1. The summed E-state index contributed by atoms with van der Waals surface area (Å²) in [5.74, 6) is 0.276. The number of nitrogens with zero attached hydrogens (tertiary/aromatic N) is 1. The minimum atomic E-state index is -0.537. The van der Waals surface area contributed by atoms with Gasteiger partial charge in [-0.2, -0.15) is 5.26 Å². The fourth-order valence-electron chi connectivity index (χ4n) is 2.93. The molecular weight excluding hydrogens is 555 g/mol. The first-order valence-corrected chi connectivity index (χ1v) is 11.5. The topological polar surface area (TPSA) is 71.3 Å². The third-order valence-corrected chi connectivity index (χ3v) is 5.55. The maximum absolute atomic E-state index is 13.4. The number of rotatable bonds is 8. The Kier molecular flexibility index (Phi) is 8.64. The van der Waals surface area contributed by atoms with Crippen LogP contribution in [0.1, 0.15) is 18.1 Å². The van der Waals surface area contributed by atoms with Crippen molar-refractivity contribution in [2.24, 2.45) is 0 Å². The molecule has 3 aromatic carbocycles. The summed E-state index contributed by atoms with van der Waals surface area (Å²) in [6.07, 6.45) is 1.48. The maximum atomic E-state index is 13.4. The first-order chi connectivity index (χ1) is 15.9. The molecular formula is C25H19Br2FN2O3. The van der Waals surface area contributed by atoms with Crippen molar-refractivity contribution in [2.45, 2.75) is 13.5 Å². The van der Waals surface area contributed by atoms with Crippen LogP contribution in [0.4, 0.5) is 10.1 Å². The molecule has 0 heterocycles. The van der Waals surface area contributed by atoms with E-state index in [1.165, 1.54) is 18.2 Å². The fourth-order valence-corrected chi connectivity index (χ4v) is 4.38. The normalized spacial score (nSPS) is 10.9. The number of amides is 1. The number of carbonyl (C=O) groups is 1. The zero-order valence-electron chi connectivity index (χ0n) is 17.6. The summed E-state index contributed by atoms with van der Waals surface area (Å²) in [6.45, 7) is 2.55. The van der Waals surface area contributed by atoms with Gasteiger partial charge in [-0.1, -0.05) is 18.2 Å². The van der Waals surface area contributed by atoms with Crippen LogP contribution in [0.3, 0.4) is 0 Å². The van der Waals surface area contributed by atoms with Crippen molar-refractivity contribution >= 4 is 49.5 Å². The van der Waals surface area contributed by atoms with E-state index in [0.29, 0.717) is 43.9 Å². The summed E-state index contributed by atoms with van der Waals surface area (Å²) >= 11 is 6.91. The number of halogens is 3. The highest BCUT2D eigenvalue weighted by Crippen LogP contribution is 2.36. The van der Waals surface area contributed by atoms with E-state index in [1.807, 2.05) is 13.0 Å². The van der Waals surface area contributed by atoms with Gasteiger partial charge < -0.3 is 14.8 Å². The van der Waals surface area contributed by atoms with Crippen LogP contribution in [0.5, 0.6) is 11.5 Å². The van der Waals surface area contributed by atoms with E-state index in [9.17, 15) is 14.4 Å². The smallest absolute Gasteiger partial charge is 0.266 e. The van der Waals surface area contributed by atoms with Gasteiger partial charge in [0.25, 0.3) is 5.91 Å². The lowest BCUT2D eigenvalue weighted by molar-refractivity contribution is -0.112. The molecule has 0 spiro atoms. The van der Waals surface area contributed by atoms with E-state index in [0.717, 1.165) is 0 Å². The quantitative estimate of drug-likeness (QED) is 0.236. The number of hydrogen-bond acceptors (Lipinski definition) is 4. The number of benzene rings is 3. The molecule has 5 nitrogen and oxygen atoms in total. The van der Waals surface area contributed by atoms with Gasteiger partial charge in [-0.05, 0) is 92.4 Å². The molecule has 0 atom stereocenters. The summed E-state index contributed by atoms with van der Waals surface area (Å²) in [4.78, 5) is 12.6. The third-order valence-electron chi connectivity index (χ3n) is 4.37. The molecule has 0 saturated carbocycles. The molecule has 0 aliphatic rings. The predicted molar refractivity (Wildman–Crippen MR) is 132 cm³/mol. The predicted octanol–water partition coefficient (Wildman–Crippen LogP) is 6.87. The third kappa shape index (κ3) is 6.91. The van der Waals surface area contributed by atoms with Crippen LogP contribution >= 0.6 is 31.9 Å². The van der Waals surface area contributed by atoms with Gasteiger partial charge in [-0.15, -0.1) is 0 Å². The number of carbonyl (C=O) groups excluding carboxylic acids is 1. The van der Waals surface area contributed by atoms with Crippen molar-refractivity contribution < 1.29 is 18.7 Å². The minimum absolute atomic E-state index is 0.0657. The summed E-state index contributed by atoms with van der Waals surface area (Å²) in [7, 11) is 0. The summed E-state index contributed by atoms with van der Waals surface area (Å²) in [6, 6.07) is 18.5. The highest BCUT2D eigenvalue weighted by molar-refractivity contribution is 9.11. The van der Waals surface area contributed by atoms with Gasteiger partial charge in [0.05, 0.1) is 15.6 Å². The molecule has 0 aliphatic carbocycles. The first kappa shape index (κ1) is 24.5. The van der Waals surface area contributed by atoms with Crippen LogP contribution < -0.4 is 14.8 Å². The van der Waals surface area contributed by atoms with E-state index in [4.69, 9.17) is 9.47 Å². The molecule has 0 aromatic heterocycles. The van der Waals surface area contributed by atoms with Gasteiger partial charge in [0.1, 0.15) is 35.6 Å². The average molecular weight is 574 g/mol. The fraction of sp³-hybridized carbons (Fsp3) is 0.120. The van der Waals surface area contributed by atoms with Gasteiger partial charge in [0.2, 0.25) is 0 Å². The van der Waals surface area contributed by atoms with Gasteiger partial charge in [0.15, 0.2) is 0 Å². The average Bonchev–Trinajstić information content (AvgIpc) is 2.77. The zero-order valence-corrected chi connectivity index (χ0v) is 20.7. The number of anilines is 1. The van der Waals surface area contributed by atoms with Gasteiger partial charge in [-0.3, -0.25) is 4.79 Å². The Hall–Kier alpha value is -3.15. The van der Waals surface area contributed by atoms with Crippen LogP contribution in [0, 0.1) is 17.1 Å². The standard InChI is InChI=1S/C25H19Br2FN2O3/c1-2-32-21-8-4-7-20(13-21)30-25(31)18(14-29)9-17-11-22(26)24(23(27)12-17)33-15-16-5-3-6-19(28)10-16/h3-13H,2,15H2,1H3,(H,30,31)/b18-9-. The second-order valence-electron chi connectivity index (χ2n) is 6.82. The molecule has 0 bridgehead atoms. The van der Waals surface area contributed by atoms with Crippen molar-refractivity contribution in [1.29, 1.82) is 5.26 Å². The minimum Gasteiger partial charge on any atom is -0.494 e. The molecule has 3 aromatic rings. The Labute approximate surface area is 208 Å². The number of nitriles is 1. The molecule has 0 fully saturated rings. The second-order valence-corrected chi connectivity index (χ2v) is 8.53. The molecule has 0 unspecified atom stereocenters. The maximum Gasteiger partial charge on any atom is 0.266 e. The van der Waals surface area contributed by atoms with Crippen molar-refractivity contribution in [3.63, 3.8) is 0 Å². The van der Waals surface area contributed by atoms with Gasteiger partial charge in [0, 0.05) is 11.8 Å². The summed E-state index contributed by atoms with van der Waals surface area (Å²) in [5.41, 5.74) is 1.76. The number of nitrogens with one attached hydrogen (secondary N) is 1. The van der Waals surface area contributed by atoms with Crippen LogP contribution in [0.2, 0.25) is 0 Å². The lowest BCUT2D eigenvalue weighted by atomic mass is 10.1. The van der Waals surface area contributed by atoms with E-state index >= 15 is 0 Å². The lowest BCUT2D eigenvalue weighted by Crippen LogP contribution is -2.13. The van der Waals surface area contributed by atoms with E-state index in [2.05, 4.69) is 37.2 Å². The highest BCUT2D eigenvalue weighted by atomic mass is 79.9. The van der Waals surface area contributed by atoms with Crippen molar-refractivity contribution in [3.05, 3.63) is 92.1 Å². The Balaban J connectivity index is 1.76. The van der Waals surface area contributed by atoms with Crippen molar-refractivity contribution in [2.75, 3.05) is 11.9 Å². The van der Waals surface area contributed by atoms with Crippen molar-refractivity contribution in [3.8, 4) is 17.6 Å². The van der Waals surface area contributed by atoms with Gasteiger partial charge >= 0.3 is 0 Å². The van der Waals surface area contributed by atoms with Crippen LogP contribution in [0.15, 0.2) is 75.2 Å². The van der Waals surface area contributed by atoms with Gasteiger partial charge in [-0.25, -0.2) is 4.39 Å². The van der Waals surface area contributed by atoms with Crippen LogP contribution in [-0.2, 0) is 11.4 Å². The zero-order chi connectivity index (χ0) is 23.8. The molecule has 1 amide bonds. The lowest BCUT2D eigenvalue weighted by Gasteiger charge is -2.12. The Morgan fingerprint density at radius 3 is 2.48 bits per heavy atom. The summed E-state index contributed by atoms with van der Waals surface area (Å²) in [5, 5.41) is 12.2. The Morgan fingerprint density at radius 1 is 1.09 bits per heavy atom. The molecule has 33 heavy (non-hydrogen) atoms.